The zero-order valence-electron chi connectivity index (χ0n) is 17.0. The number of hydrogen-bond acceptors (Lipinski definition) is 4. The van der Waals surface area contributed by atoms with Gasteiger partial charge in [-0.1, -0.05) is 41.9 Å². The minimum Gasteiger partial charge on any atom is -0.329 e. The predicted molar refractivity (Wildman–Crippen MR) is 117 cm³/mol. The first-order valence-electron chi connectivity index (χ1n) is 10.2. The van der Waals surface area contributed by atoms with E-state index in [1.807, 2.05) is 42.3 Å². The molecule has 2 aliphatic heterocycles. The third-order valence-corrected chi connectivity index (χ3v) is 8.27. The minimum atomic E-state index is -3.71. The summed E-state index contributed by atoms with van der Waals surface area (Å²) < 4.78 is 27.5. The number of benzene rings is 2. The Balaban J connectivity index is 1.67. The number of amides is 1. The summed E-state index contributed by atoms with van der Waals surface area (Å²) in [5.41, 5.74) is 1.42. The molecule has 2 fully saturated rings. The van der Waals surface area contributed by atoms with Gasteiger partial charge in [0.25, 0.3) is 5.91 Å². The highest BCUT2D eigenvalue weighted by Gasteiger charge is 2.33. The van der Waals surface area contributed by atoms with Crippen molar-refractivity contribution in [2.75, 3.05) is 39.8 Å². The lowest BCUT2D eigenvalue weighted by molar-refractivity contribution is 0.0498. The summed E-state index contributed by atoms with van der Waals surface area (Å²) in [5.74, 6) is -0.175. The molecule has 30 heavy (non-hydrogen) atoms. The third kappa shape index (κ3) is 4.12. The van der Waals surface area contributed by atoms with Gasteiger partial charge in [-0.2, -0.15) is 4.31 Å². The van der Waals surface area contributed by atoms with Gasteiger partial charge in [-0.25, -0.2) is 8.42 Å². The van der Waals surface area contributed by atoms with Crippen LogP contribution in [0, 0.1) is 0 Å². The lowest BCUT2D eigenvalue weighted by atomic mass is 10.0. The summed E-state index contributed by atoms with van der Waals surface area (Å²) in [4.78, 5) is 17.5. The quantitative estimate of drug-likeness (QED) is 0.721. The highest BCUT2D eigenvalue weighted by atomic mass is 35.5. The second kappa shape index (κ2) is 8.67. The van der Waals surface area contributed by atoms with E-state index in [1.165, 1.54) is 16.4 Å². The molecule has 0 spiro atoms. The molecule has 1 atom stereocenters. The molecule has 0 aliphatic carbocycles. The van der Waals surface area contributed by atoms with Crippen LogP contribution in [-0.4, -0.2) is 68.2 Å². The Morgan fingerprint density at radius 1 is 1.00 bits per heavy atom. The van der Waals surface area contributed by atoms with Crippen LogP contribution in [0.5, 0.6) is 0 Å². The summed E-state index contributed by atoms with van der Waals surface area (Å²) in [6.07, 6.45) is 1.69. The Morgan fingerprint density at radius 3 is 2.40 bits per heavy atom. The summed E-state index contributed by atoms with van der Waals surface area (Å²) in [6, 6.07) is 14.4. The molecule has 4 rings (SSSR count). The summed E-state index contributed by atoms with van der Waals surface area (Å²) >= 11 is 6.26. The molecule has 6 nitrogen and oxygen atoms in total. The third-order valence-electron chi connectivity index (χ3n) is 5.89. The zero-order chi connectivity index (χ0) is 21.3. The van der Waals surface area contributed by atoms with Crippen LogP contribution in [0.25, 0.3) is 0 Å². The van der Waals surface area contributed by atoms with Crippen LogP contribution in [0.1, 0.15) is 34.8 Å². The van der Waals surface area contributed by atoms with Gasteiger partial charge in [0.2, 0.25) is 10.0 Å². The molecular formula is C22H26ClN3O3S. The first-order valence-corrected chi connectivity index (χ1v) is 12.0. The fourth-order valence-electron chi connectivity index (χ4n) is 4.19. The molecular weight excluding hydrogens is 422 g/mol. The number of sulfonamides is 1. The van der Waals surface area contributed by atoms with Crippen LogP contribution in [0.4, 0.5) is 0 Å². The number of nitrogens with zero attached hydrogens (tertiary/aromatic N) is 3. The van der Waals surface area contributed by atoms with Crippen LogP contribution in [0.2, 0.25) is 5.02 Å². The highest BCUT2D eigenvalue weighted by molar-refractivity contribution is 7.89. The van der Waals surface area contributed by atoms with Crippen molar-refractivity contribution in [2.45, 2.75) is 23.8 Å². The van der Waals surface area contributed by atoms with Gasteiger partial charge in [0, 0.05) is 38.3 Å². The first kappa shape index (κ1) is 21.3. The number of carbonyl (C=O) groups excluding carboxylic acids is 1. The number of halogens is 1. The summed E-state index contributed by atoms with van der Waals surface area (Å²) in [7, 11) is -1.67. The van der Waals surface area contributed by atoms with Crippen molar-refractivity contribution in [1.82, 2.24) is 14.1 Å². The van der Waals surface area contributed by atoms with E-state index < -0.39 is 10.0 Å². The standard InChI is InChI=1S/C22H26ClN3O3S/c1-24-13-14-26(20(16-24)17-7-3-2-4-8-17)22(27)18-9-10-19(23)21(15-18)30(28,29)25-11-5-6-12-25/h2-4,7-10,15,20H,5-6,11-14,16H2,1H3. The second-order valence-electron chi connectivity index (χ2n) is 7.94. The van der Waals surface area contributed by atoms with Gasteiger partial charge >= 0.3 is 0 Å². The number of piperazine rings is 1. The molecule has 0 saturated carbocycles. The normalized spacial score (nSPS) is 21.1. The van der Waals surface area contributed by atoms with E-state index in [0.29, 0.717) is 25.2 Å². The van der Waals surface area contributed by atoms with Crippen molar-refractivity contribution >= 4 is 27.5 Å². The molecule has 0 radical (unpaired) electrons. The molecule has 2 aliphatic rings. The Hall–Kier alpha value is -1.93. The molecule has 2 saturated heterocycles. The average molecular weight is 448 g/mol. The Bertz CT molecular complexity index is 1020. The highest BCUT2D eigenvalue weighted by Crippen LogP contribution is 2.31. The zero-order valence-corrected chi connectivity index (χ0v) is 18.6. The average Bonchev–Trinajstić information content (AvgIpc) is 3.30. The maximum absolute atomic E-state index is 13.5. The lowest BCUT2D eigenvalue weighted by Crippen LogP contribution is -2.49. The predicted octanol–water partition coefficient (Wildman–Crippen LogP) is 3.25. The first-order chi connectivity index (χ1) is 14.4. The molecule has 2 aromatic rings. The van der Waals surface area contributed by atoms with Crippen LogP contribution in [0.15, 0.2) is 53.4 Å². The molecule has 0 aromatic heterocycles. The van der Waals surface area contributed by atoms with E-state index in [9.17, 15) is 13.2 Å². The van der Waals surface area contributed by atoms with E-state index in [0.717, 1.165) is 31.5 Å². The van der Waals surface area contributed by atoms with Gasteiger partial charge in [-0.15, -0.1) is 0 Å². The van der Waals surface area contributed by atoms with Crippen molar-refractivity contribution in [3.8, 4) is 0 Å². The van der Waals surface area contributed by atoms with Crippen LogP contribution in [0.3, 0.4) is 0 Å². The van der Waals surface area contributed by atoms with Crippen molar-refractivity contribution in [3.63, 3.8) is 0 Å². The monoisotopic (exact) mass is 447 g/mol. The molecule has 0 bridgehead atoms. The van der Waals surface area contributed by atoms with E-state index in [2.05, 4.69) is 4.90 Å². The van der Waals surface area contributed by atoms with E-state index in [1.54, 1.807) is 6.07 Å². The number of carbonyl (C=O) groups is 1. The topological polar surface area (TPSA) is 60.9 Å². The fraction of sp³-hybridized carbons (Fsp3) is 0.409. The molecule has 160 valence electrons. The molecule has 0 N–H and O–H groups in total. The second-order valence-corrected chi connectivity index (χ2v) is 10.3. The molecule has 1 unspecified atom stereocenters. The number of rotatable bonds is 4. The maximum Gasteiger partial charge on any atom is 0.254 e. The maximum atomic E-state index is 13.5. The van der Waals surface area contributed by atoms with Gasteiger partial charge in [0.1, 0.15) is 4.90 Å². The van der Waals surface area contributed by atoms with Crippen molar-refractivity contribution in [3.05, 3.63) is 64.7 Å². The van der Waals surface area contributed by atoms with Gasteiger partial charge in [-0.05, 0) is 43.7 Å². The van der Waals surface area contributed by atoms with Gasteiger partial charge < -0.3 is 9.80 Å². The fourth-order valence-corrected chi connectivity index (χ4v) is 6.21. The van der Waals surface area contributed by atoms with Crippen LogP contribution < -0.4 is 0 Å². The van der Waals surface area contributed by atoms with E-state index >= 15 is 0 Å². The summed E-state index contributed by atoms with van der Waals surface area (Å²) in [5, 5.41) is 0.149. The molecule has 8 heteroatoms. The van der Waals surface area contributed by atoms with Crippen LogP contribution in [-0.2, 0) is 10.0 Å². The van der Waals surface area contributed by atoms with Crippen molar-refractivity contribution in [1.29, 1.82) is 0 Å². The van der Waals surface area contributed by atoms with E-state index in [-0.39, 0.29) is 21.9 Å². The minimum absolute atomic E-state index is 0.0160. The Labute approximate surface area is 183 Å². The largest absolute Gasteiger partial charge is 0.329 e. The van der Waals surface area contributed by atoms with E-state index in [4.69, 9.17) is 11.6 Å². The SMILES string of the molecule is CN1CCN(C(=O)c2ccc(Cl)c(S(=O)(=O)N3CCCC3)c2)C(c2ccccc2)C1. The van der Waals surface area contributed by atoms with Crippen molar-refractivity contribution in [2.24, 2.45) is 0 Å². The number of hydrogen-bond donors (Lipinski definition) is 0. The van der Waals surface area contributed by atoms with Gasteiger partial charge in [0.15, 0.2) is 0 Å². The lowest BCUT2D eigenvalue weighted by Gasteiger charge is -2.40. The molecule has 1 amide bonds. The smallest absolute Gasteiger partial charge is 0.254 e. The van der Waals surface area contributed by atoms with Gasteiger partial charge in [-0.3, -0.25) is 4.79 Å². The van der Waals surface area contributed by atoms with Crippen LogP contribution >= 0.6 is 11.6 Å². The van der Waals surface area contributed by atoms with Gasteiger partial charge in [0.05, 0.1) is 11.1 Å². The Kier molecular flexibility index (Phi) is 6.16. The van der Waals surface area contributed by atoms with Crippen molar-refractivity contribution < 1.29 is 13.2 Å². The Morgan fingerprint density at radius 2 is 1.70 bits per heavy atom. The number of likely N-dealkylation sites (N-methyl/N-ethyl adjacent to an activating group) is 1. The summed E-state index contributed by atoms with van der Waals surface area (Å²) in [6.45, 7) is 3.05. The molecule has 2 heterocycles. The molecule has 2 aromatic carbocycles.